The van der Waals surface area contributed by atoms with E-state index < -0.39 is 0 Å². The van der Waals surface area contributed by atoms with E-state index in [1.54, 1.807) is 14.2 Å². The molecule has 1 atom stereocenters. The number of rotatable bonds is 11. The van der Waals surface area contributed by atoms with Gasteiger partial charge in [0.15, 0.2) is 0 Å². The highest BCUT2D eigenvalue weighted by atomic mass is 16.5. The Hall–Kier alpha value is -3.18. The zero-order valence-corrected chi connectivity index (χ0v) is 23.0. The normalized spacial score (nSPS) is 17.5. The quantitative estimate of drug-likeness (QED) is 0.315. The molecule has 0 bridgehead atoms. The maximum absolute atomic E-state index is 6.01. The summed E-state index contributed by atoms with van der Waals surface area (Å²) >= 11 is 0. The molecule has 38 heavy (non-hydrogen) atoms. The van der Waals surface area contributed by atoms with Crippen molar-refractivity contribution in [2.75, 3.05) is 45.8 Å². The number of anilines is 1. The predicted octanol–water partition coefficient (Wildman–Crippen LogP) is 6.53. The molecule has 1 heterocycles. The lowest BCUT2D eigenvalue weighted by Gasteiger charge is -2.26. The summed E-state index contributed by atoms with van der Waals surface area (Å²) < 4.78 is 17.0. The molecule has 1 N–H and O–H groups in total. The second kappa shape index (κ2) is 13.1. The van der Waals surface area contributed by atoms with Crippen LogP contribution in [0.25, 0.3) is 0 Å². The van der Waals surface area contributed by atoms with Gasteiger partial charge in [0.25, 0.3) is 0 Å². The van der Waals surface area contributed by atoms with Gasteiger partial charge in [0.05, 0.1) is 14.2 Å². The maximum atomic E-state index is 6.01. The molecule has 0 amide bonds. The van der Waals surface area contributed by atoms with E-state index in [1.807, 2.05) is 0 Å². The number of ether oxygens (including phenoxy) is 3. The molecule has 0 spiro atoms. The van der Waals surface area contributed by atoms with Crippen LogP contribution in [0.4, 0.5) is 5.69 Å². The molecule has 1 saturated heterocycles. The summed E-state index contributed by atoms with van der Waals surface area (Å²) in [5.41, 5.74) is 6.65. The summed E-state index contributed by atoms with van der Waals surface area (Å²) in [5, 5.41) is 3.69. The van der Waals surface area contributed by atoms with Crippen LogP contribution in [0.5, 0.6) is 17.2 Å². The fourth-order valence-corrected chi connectivity index (χ4v) is 5.82. The van der Waals surface area contributed by atoms with Gasteiger partial charge < -0.3 is 19.5 Å². The zero-order valence-electron chi connectivity index (χ0n) is 23.0. The summed E-state index contributed by atoms with van der Waals surface area (Å²) in [6, 6.07) is 21.5. The summed E-state index contributed by atoms with van der Waals surface area (Å²) in [7, 11) is 3.47. The van der Waals surface area contributed by atoms with Crippen LogP contribution >= 0.6 is 0 Å². The average Bonchev–Trinajstić information content (AvgIpc) is 2.97. The Morgan fingerprint density at radius 1 is 0.816 bits per heavy atom. The number of hydrogen-bond acceptors (Lipinski definition) is 5. The number of aryl methyl sites for hydroxylation is 1. The maximum Gasteiger partial charge on any atom is 0.120 e. The fourth-order valence-electron chi connectivity index (χ4n) is 5.82. The number of nitrogens with zero attached hydrogens (tertiary/aromatic N) is 1. The summed E-state index contributed by atoms with van der Waals surface area (Å²) in [6.45, 7) is 4.96. The largest absolute Gasteiger partial charge is 0.497 e. The molecular formula is C33H42N2O3. The number of methoxy groups -OCH3 is 2. The molecule has 3 aromatic rings. The predicted molar refractivity (Wildman–Crippen MR) is 155 cm³/mol. The Kier molecular flexibility index (Phi) is 9.08. The molecule has 2 aliphatic rings. The zero-order chi connectivity index (χ0) is 26.2. The molecule has 0 saturated carbocycles. The molecule has 5 nitrogen and oxygen atoms in total. The van der Waals surface area contributed by atoms with E-state index in [4.69, 9.17) is 14.2 Å². The lowest BCUT2D eigenvalue weighted by Crippen LogP contribution is -2.33. The number of fused-ring (bicyclic) bond motifs is 1. The van der Waals surface area contributed by atoms with Crippen molar-refractivity contribution in [3.63, 3.8) is 0 Å². The van der Waals surface area contributed by atoms with Crippen molar-refractivity contribution in [1.29, 1.82) is 0 Å². The molecule has 1 unspecified atom stereocenters. The van der Waals surface area contributed by atoms with E-state index in [0.717, 1.165) is 61.9 Å². The van der Waals surface area contributed by atoms with Crippen LogP contribution < -0.4 is 19.5 Å². The van der Waals surface area contributed by atoms with Crippen molar-refractivity contribution < 1.29 is 14.2 Å². The Labute approximate surface area is 228 Å². The molecule has 5 rings (SSSR count). The smallest absolute Gasteiger partial charge is 0.120 e. The first kappa shape index (κ1) is 26.4. The lowest BCUT2D eigenvalue weighted by molar-refractivity contribution is 0.183. The van der Waals surface area contributed by atoms with E-state index in [9.17, 15) is 0 Å². The van der Waals surface area contributed by atoms with Crippen LogP contribution in [0.2, 0.25) is 0 Å². The first-order valence-electron chi connectivity index (χ1n) is 14.2. The molecule has 3 aromatic carbocycles. The molecule has 1 aliphatic carbocycles. The van der Waals surface area contributed by atoms with E-state index in [1.165, 1.54) is 61.0 Å². The van der Waals surface area contributed by atoms with Crippen LogP contribution in [0, 0.1) is 5.92 Å². The van der Waals surface area contributed by atoms with Gasteiger partial charge in [-0.2, -0.15) is 0 Å². The van der Waals surface area contributed by atoms with Crippen molar-refractivity contribution in [1.82, 2.24) is 4.90 Å². The van der Waals surface area contributed by atoms with Crippen molar-refractivity contribution in [2.24, 2.45) is 5.92 Å². The molecule has 1 aliphatic heterocycles. The van der Waals surface area contributed by atoms with Gasteiger partial charge in [0, 0.05) is 24.8 Å². The van der Waals surface area contributed by atoms with E-state index >= 15 is 0 Å². The Morgan fingerprint density at radius 2 is 1.55 bits per heavy atom. The number of benzene rings is 3. The van der Waals surface area contributed by atoms with Crippen LogP contribution in [-0.4, -0.2) is 45.4 Å². The molecule has 202 valence electrons. The van der Waals surface area contributed by atoms with Crippen molar-refractivity contribution in [2.45, 2.75) is 51.5 Å². The van der Waals surface area contributed by atoms with Gasteiger partial charge in [0.2, 0.25) is 0 Å². The van der Waals surface area contributed by atoms with Crippen molar-refractivity contribution in [3.05, 3.63) is 82.9 Å². The first-order chi connectivity index (χ1) is 18.7. The second-order valence-electron chi connectivity index (χ2n) is 10.7. The van der Waals surface area contributed by atoms with E-state index in [2.05, 4.69) is 70.9 Å². The van der Waals surface area contributed by atoms with Gasteiger partial charge in [-0.15, -0.1) is 0 Å². The second-order valence-corrected chi connectivity index (χ2v) is 10.7. The van der Waals surface area contributed by atoms with E-state index in [-0.39, 0.29) is 0 Å². The van der Waals surface area contributed by atoms with Crippen LogP contribution in [0.1, 0.15) is 47.9 Å². The van der Waals surface area contributed by atoms with Crippen LogP contribution in [-0.2, 0) is 25.8 Å². The van der Waals surface area contributed by atoms with Gasteiger partial charge in [-0.05, 0) is 110 Å². The van der Waals surface area contributed by atoms with Crippen LogP contribution in [0.15, 0.2) is 60.7 Å². The van der Waals surface area contributed by atoms with E-state index in [0.29, 0.717) is 5.92 Å². The third-order valence-electron chi connectivity index (χ3n) is 8.10. The topological polar surface area (TPSA) is 43.0 Å². The number of piperidine rings is 1. The Morgan fingerprint density at radius 3 is 2.34 bits per heavy atom. The SMILES string of the molecule is COc1ccc2c(c1)CCC(Cc1ccc(OC)cc1NCc1ccc(OCCN3CCCCC3)cc1)C2. The highest BCUT2D eigenvalue weighted by Crippen LogP contribution is 2.33. The number of nitrogens with one attached hydrogen (secondary N) is 1. The molecule has 0 aromatic heterocycles. The first-order valence-corrected chi connectivity index (χ1v) is 14.2. The van der Waals surface area contributed by atoms with Gasteiger partial charge >= 0.3 is 0 Å². The highest BCUT2D eigenvalue weighted by Gasteiger charge is 2.21. The molecule has 5 heteroatoms. The average molecular weight is 515 g/mol. The third-order valence-corrected chi connectivity index (χ3v) is 8.10. The minimum atomic E-state index is 0.631. The summed E-state index contributed by atoms with van der Waals surface area (Å²) in [5.74, 6) is 3.42. The number of hydrogen-bond donors (Lipinski definition) is 1. The minimum absolute atomic E-state index is 0.631. The standard InChI is InChI=1S/C33H42N2O3/c1-36-31-14-10-27-20-26(6-9-28(27)22-31)21-29-11-15-32(37-2)23-33(29)34-24-25-7-12-30(13-8-25)38-19-18-35-16-4-3-5-17-35/h7-8,10-15,22-23,26,34H,3-6,9,16-21,24H2,1-2H3. The highest BCUT2D eigenvalue weighted by molar-refractivity contribution is 5.56. The van der Waals surface area contributed by atoms with Crippen LogP contribution in [0.3, 0.4) is 0 Å². The Balaban J connectivity index is 1.16. The fraction of sp³-hybridized carbons (Fsp3) is 0.455. The van der Waals surface area contributed by atoms with Gasteiger partial charge in [-0.3, -0.25) is 4.90 Å². The lowest BCUT2D eigenvalue weighted by atomic mass is 9.80. The molecular weight excluding hydrogens is 472 g/mol. The minimum Gasteiger partial charge on any atom is -0.497 e. The molecule has 0 radical (unpaired) electrons. The molecule has 1 fully saturated rings. The third kappa shape index (κ3) is 7.02. The van der Waals surface area contributed by atoms with Crippen molar-refractivity contribution in [3.8, 4) is 17.2 Å². The Bertz CT molecular complexity index is 1170. The summed E-state index contributed by atoms with van der Waals surface area (Å²) in [4.78, 5) is 2.51. The number of likely N-dealkylation sites (tertiary alicyclic amines) is 1. The monoisotopic (exact) mass is 514 g/mol. The van der Waals surface area contributed by atoms with Crippen molar-refractivity contribution >= 4 is 5.69 Å². The van der Waals surface area contributed by atoms with Gasteiger partial charge in [-0.1, -0.05) is 30.7 Å². The summed E-state index contributed by atoms with van der Waals surface area (Å²) in [6.07, 6.45) is 8.50. The van der Waals surface area contributed by atoms with Gasteiger partial charge in [-0.25, -0.2) is 0 Å². The van der Waals surface area contributed by atoms with Gasteiger partial charge in [0.1, 0.15) is 23.9 Å².